The van der Waals surface area contributed by atoms with Crippen LogP contribution in [0.1, 0.15) is 62.1 Å². The number of anilines is 1. The van der Waals surface area contributed by atoms with Crippen LogP contribution in [0, 0.1) is 13.8 Å². The minimum atomic E-state index is -4.07. The summed E-state index contributed by atoms with van der Waals surface area (Å²) in [4.78, 5) is 29.5. The average Bonchev–Trinajstić information content (AvgIpc) is 2.97. The lowest BCUT2D eigenvalue weighted by molar-refractivity contribution is -0.140. The first kappa shape index (κ1) is 30.3. The van der Waals surface area contributed by atoms with E-state index in [0.29, 0.717) is 12.1 Å². The van der Waals surface area contributed by atoms with Gasteiger partial charge < -0.3 is 10.2 Å². The molecule has 3 aromatic rings. The Labute approximate surface area is 244 Å². The van der Waals surface area contributed by atoms with E-state index in [4.69, 9.17) is 0 Å². The van der Waals surface area contributed by atoms with Crippen molar-refractivity contribution in [2.45, 2.75) is 82.8 Å². The molecule has 0 aromatic heterocycles. The second-order valence-electron chi connectivity index (χ2n) is 10.9. The van der Waals surface area contributed by atoms with Crippen LogP contribution in [0.25, 0.3) is 0 Å². The van der Waals surface area contributed by atoms with Gasteiger partial charge in [0.25, 0.3) is 10.0 Å². The highest BCUT2D eigenvalue weighted by Crippen LogP contribution is 2.26. The third-order valence-corrected chi connectivity index (χ3v) is 9.50. The van der Waals surface area contributed by atoms with E-state index in [0.717, 1.165) is 46.7 Å². The number of hydrogen-bond acceptors (Lipinski definition) is 4. The highest BCUT2D eigenvalue weighted by Gasteiger charge is 2.34. The van der Waals surface area contributed by atoms with Gasteiger partial charge >= 0.3 is 0 Å². The molecular formula is C33H41N3O4S. The normalized spacial score (nSPS) is 14.7. The van der Waals surface area contributed by atoms with Gasteiger partial charge in [-0.2, -0.15) is 0 Å². The van der Waals surface area contributed by atoms with E-state index in [9.17, 15) is 18.0 Å². The molecule has 0 spiro atoms. The Bertz CT molecular complexity index is 1420. The van der Waals surface area contributed by atoms with E-state index in [-0.39, 0.29) is 23.4 Å². The molecule has 41 heavy (non-hydrogen) atoms. The average molecular weight is 576 g/mol. The fourth-order valence-electron chi connectivity index (χ4n) is 5.39. The lowest BCUT2D eigenvalue weighted by Gasteiger charge is -2.34. The summed E-state index contributed by atoms with van der Waals surface area (Å²) in [5.74, 6) is -0.620. The highest BCUT2D eigenvalue weighted by atomic mass is 32.2. The predicted octanol–water partition coefficient (Wildman–Crippen LogP) is 5.76. The van der Waals surface area contributed by atoms with E-state index in [1.54, 1.807) is 41.3 Å². The summed E-state index contributed by atoms with van der Waals surface area (Å²) in [5.41, 5.74) is 3.24. The Morgan fingerprint density at radius 1 is 0.878 bits per heavy atom. The van der Waals surface area contributed by atoms with Gasteiger partial charge in [-0.3, -0.25) is 13.9 Å². The predicted molar refractivity (Wildman–Crippen MR) is 163 cm³/mol. The fourth-order valence-corrected chi connectivity index (χ4v) is 6.81. The van der Waals surface area contributed by atoms with Crippen LogP contribution in [-0.2, 0) is 26.2 Å². The van der Waals surface area contributed by atoms with E-state index in [2.05, 4.69) is 5.32 Å². The number of rotatable bonds is 11. The molecule has 7 nitrogen and oxygen atoms in total. The molecule has 1 fully saturated rings. The molecule has 1 aliphatic rings. The molecule has 0 radical (unpaired) electrons. The van der Waals surface area contributed by atoms with Crippen LogP contribution in [0.5, 0.6) is 0 Å². The minimum absolute atomic E-state index is 0.0986. The summed E-state index contributed by atoms with van der Waals surface area (Å²) in [7, 11) is -4.07. The Kier molecular flexibility index (Phi) is 10.2. The molecule has 0 unspecified atom stereocenters. The van der Waals surface area contributed by atoms with Gasteiger partial charge in [-0.1, -0.05) is 86.3 Å². The van der Waals surface area contributed by atoms with Gasteiger partial charge in [-0.05, 0) is 68.5 Å². The summed E-state index contributed by atoms with van der Waals surface area (Å²) in [6.45, 7) is 5.53. The van der Waals surface area contributed by atoms with Crippen molar-refractivity contribution in [1.29, 1.82) is 0 Å². The fraction of sp³-hybridized carbons (Fsp3) is 0.394. The van der Waals surface area contributed by atoms with Crippen LogP contribution >= 0.6 is 0 Å². The lowest BCUT2D eigenvalue weighted by Crippen LogP contribution is -2.54. The standard InChI is InChI=1S/C33H41N3O4S/c1-4-31(33(38)34-28-13-7-5-8-14-28)35(23-27-20-18-25(2)19-21-27)32(37)24-36(29-15-11-12-26(3)22-29)41(39,40)30-16-9-6-10-17-30/h6,9-12,15-22,28,31H,4-5,7-8,13-14,23-24H2,1-3H3,(H,34,38)/t31-/m1/s1. The van der Waals surface area contributed by atoms with Gasteiger partial charge in [-0.15, -0.1) is 0 Å². The van der Waals surface area contributed by atoms with Crippen molar-refractivity contribution in [2.75, 3.05) is 10.8 Å². The second-order valence-corrected chi connectivity index (χ2v) is 12.8. The van der Waals surface area contributed by atoms with Crippen LogP contribution < -0.4 is 9.62 Å². The molecule has 1 N–H and O–H groups in total. The number of aryl methyl sites for hydroxylation is 2. The highest BCUT2D eigenvalue weighted by molar-refractivity contribution is 7.92. The summed E-state index contributed by atoms with van der Waals surface area (Å²) < 4.78 is 29.0. The molecule has 218 valence electrons. The van der Waals surface area contributed by atoms with Crippen molar-refractivity contribution in [2.24, 2.45) is 0 Å². The number of benzene rings is 3. The number of amides is 2. The quantitative estimate of drug-likeness (QED) is 0.315. The van der Waals surface area contributed by atoms with Crippen molar-refractivity contribution < 1.29 is 18.0 Å². The van der Waals surface area contributed by atoms with Gasteiger partial charge in [0.2, 0.25) is 11.8 Å². The molecule has 1 saturated carbocycles. The van der Waals surface area contributed by atoms with Crippen molar-refractivity contribution >= 4 is 27.5 Å². The molecule has 0 saturated heterocycles. The first-order valence-corrected chi connectivity index (χ1v) is 15.9. The first-order chi connectivity index (χ1) is 19.7. The van der Waals surface area contributed by atoms with Crippen molar-refractivity contribution in [3.63, 3.8) is 0 Å². The molecule has 0 aliphatic heterocycles. The Balaban J connectivity index is 1.69. The zero-order valence-corrected chi connectivity index (χ0v) is 25.1. The third-order valence-electron chi connectivity index (χ3n) is 7.71. The number of carbonyl (C=O) groups is 2. The van der Waals surface area contributed by atoms with Crippen LogP contribution in [0.15, 0.2) is 83.8 Å². The summed E-state index contributed by atoms with van der Waals surface area (Å²) in [5, 5.41) is 3.18. The van der Waals surface area contributed by atoms with E-state index in [1.807, 2.05) is 51.1 Å². The SMILES string of the molecule is CC[C@H](C(=O)NC1CCCCC1)N(Cc1ccc(C)cc1)C(=O)CN(c1cccc(C)c1)S(=O)(=O)c1ccccc1. The molecule has 8 heteroatoms. The number of sulfonamides is 1. The third kappa shape index (κ3) is 7.76. The van der Waals surface area contributed by atoms with Crippen molar-refractivity contribution in [1.82, 2.24) is 10.2 Å². The van der Waals surface area contributed by atoms with Crippen molar-refractivity contribution in [3.8, 4) is 0 Å². The largest absolute Gasteiger partial charge is 0.352 e. The first-order valence-electron chi connectivity index (χ1n) is 14.5. The van der Waals surface area contributed by atoms with E-state index in [1.165, 1.54) is 18.6 Å². The Hall–Kier alpha value is -3.65. The van der Waals surface area contributed by atoms with Gasteiger partial charge in [0.05, 0.1) is 10.6 Å². The topological polar surface area (TPSA) is 86.8 Å². The molecular weight excluding hydrogens is 534 g/mol. The van der Waals surface area contributed by atoms with Gasteiger partial charge in [-0.25, -0.2) is 8.42 Å². The van der Waals surface area contributed by atoms with E-state index < -0.39 is 28.5 Å². The summed E-state index contributed by atoms with van der Waals surface area (Å²) >= 11 is 0. The van der Waals surface area contributed by atoms with Crippen LogP contribution in [0.2, 0.25) is 0 Å². The van der Waals surface area contributed by atoms with Gasteiger partial charge in [0.1, 0.15) is 12.6 Å². The summed E-state index contributed by atoms with van der Waals surface area (Å²) in [6.07, 6.45) is 5.61. The maximum atomic E-state index is 14.2. The zero-order chi connectivity index (χ0) is 29.4. The summed E-state index contributed by atoms with van der Waals surface area (Å²) in [6, 6.07) is 22.4. The maximum Gasteiger partial charge on any atom is 0.264 e. The van der Waals surface area contributed by atoms with Gasteiger partial charge in [0.15, 0.2) is 0 Å². The molecule has 1 atom stereocenters. The maximum absolute atomic E-state index is 14.2. The van der Waals surface area contributed by atoms with Gasteiger partial charge in [0, 0.05) is 12.6 Å². The number of hydrogen-bond donors (Lipinski definition) is 1. The monoisotopic (exact) mass is 575 g/mol. The number of nitrogens with one attached hydrogen (secondary N) is 1. The molecule has 0 heterocycles. The number of carbonyl (C=O) groups excluding carboxylic acids is 2. The van der Waals surface area contributed by atoms with Crippen LogP contribution in [-0.4, -0.2) is 43.8 Å². The Morgan fingerprint density at radius 2 is 1.56 bits per heavy atom. The number of nitrogens with zero attached hydrogens (tertiary/aromatic N) is 2. The smallest absolute Gasteiger partial charge is 0.264 e. The molecule has 0 bridgehead atoms. The van der Waals surface area contributed by atoms with E-state index >= 15 is 0 Å². The lowest BCUT2D eigenvalue weighted by atomic mass is 9.95. The molecule has 3 aromatic carbocycles. The van der Waals surface area contributed by atoms with Crippen LogP contribution in [0.3, 0.4) is 0 Å². The molecule has 2 amide bonds. The Morgan fingerprint density at radius 3 is 2.20 bits per heavy atom. The zero-order valence-electron chi connectivity index (χ0n) is 24.3. The van der Waals surface area contributed by atoms with Crippen LogP contribution in [0.4, 0.5) is 5.69 Å². The minimum Gasteiger partial charge on any atom is -0.352 e. The second kappa shape index (κ2) is 13.8. The van der Waals surface area contributed by atoms with Crippen molar-refractivity contribution in [3.05, 3.63) is 95.6 Å². The molecule has 4 rings (SSSR count). The molecule has 1 aliphatic carbocycles.